The van der Waals surface area contributed by atoms with E-state index in [0.717, 1.165) is 61.0 Å². The zero-order valence-corrected chi connectivity index (χ0v) is 25.2. The fourth-order valence-electron chi connectivity index (χ4n) is 4.96. The lowest BCUT2D eigenvalue weighted by Crippen LogP contribution is -2.22. The van der Waals surface area contributed by atoms with Crippen LogP contribution < -0.4 is 9.46 Å². The van der Waals surface area contributed by atoms with Crippen LogP contribution in [0.15, 0.2) is 72.8 Å². The SMILES string of the molecule is COC(=O)c1cc(-c2ccc(-c3ccc(OCCCCOC4CCCCO4)cc3)cc2)nc2ccc(NS(C)(=O)=O)cc12. The number of fused-ring (bicyclic) bond motifs is 1. The topological polar surface area (TPSA) is 113 Å². The number of hydrogen-bond donors (Lipinski definition) is 1. The van der Waals surface area contributed by atoms with Gasteiger partial charge in [-0.2, -0.15) is 0 Å². The average Bonchev–Trinajstić information content (AvgIpc) is 3.02. The zero-order chi connectivity index (χ0) is 30.2. The molecule has 226 valence electrons. The summed E-state index contributed by atoms with van der Waals surface area (Å²) in [6.07, 6.45) is 6.14. The standard InChI is InChI=1S/C33H36N2O7S/c1-39-33(36)29-22-31(34-30-17-14-26(21-28(29)30)35-43(2,37)38)25-10-8-23(9-11-25)24-12-15-27(16-13-24)40-18-5-6-20-42-32-7-3-4-19-41-32/h8-17,21-22,32,35H,3-7,18-20H2,1-2H3. The predicted molar refractivity (Wildman–Crippen MR) is 167 cm³/mol. The van der Waals surface area contributed by atoms with Crippen LogP contribution in [0.1, 0.15) is 42.5 Å². The number of ether oxygens (including phenoxy) is 4. The van der Waals surface area contributed by atoms with Crippen molar-refractivity contribution in [3.63, 3.8) is 0 Å². The van der Waals surface area contributed by atoms with Gasteiger partial charge in [0.25, 0.3) is 0 Å². The highest BCUT2D eigenvalue weighted by atomic mass is 32.2. The summed E-state index contributed by atoms with van der Waals surface area (Å²) < 4.78 is 48.1. The third kappa shape index (κ3) is 8.31. The van der Waals surface area contributed by atoms with Crippen LogP contribution in [-0.4, -0.2) is 58.8 Å². The molecule has 1 aliphatic rings. The summed E-state index contributed by atoms with van der Waals surface area (Å²) in [4.78, 5) is 17.4. The summed E-state index contributed by atoms with van der Waals surface area (Å²) in [7, 11) is -2.17. The second kappa shape index (κ2) is 14.0. The summed E-state index contributed by atoms with van der Waals surface area (Å²) in [6, 6.07) is 22.4. The molecular formula is C33H36N2O7S. The van der Waals surface area contributed by atoms with Gasteiger partial charge in [0, 0.05) is 29.9 Å². The molecule has 1 saturated heterocycles. The molecule has 1 N–H and O–H groups in total. The average molecular weight is 605 g/mol. The third-order valence-corrected chi connectivity index (χ3v) is 7.74. The van der Waals surface area contributed by atoms with Crippen molar-refractivity contribution in [3.05, 3.63) is 78.4 Å². The first kappa shape index (κ1) is 30.5. The number of carbonyl (C=O) groups is 1. The minimum absolute atomic E-state index is 0.0426. The maximum atomic E-state index is 12.6. The number of esters is 1. The molecule has 9 nitrogen and oxygen atoms in total. The maximum absolute atomic E-state index is 12.6. The molecule has 1 unspecified atom stereocenters. The van der Waals surface area contributed by atoms with Crippen LogP contribution in [0.2, 0.25) is 0 Å². The number of nitrogens with zero attached hydrogens (tertiary/aromatic N) is 1. The number of anilines is 1. The highest BCUT2D eigenvalue weighted by Crippen LogP contribution is 2.30. The van der Waals surface area contributed by atoms with Crippen LogP contribution in [0, 0.1) is 0 Å². The predicted octanol–water partition coefficient (Wildman–Crippen LogP) is 6.43. The molecule has 0 saturated carbocycles. The third-order valence-electron chi connectivity index (χ3n) is 7.13. The maximum Gasteiger partial charge on any atom is 0.338 e. The molecule has 3 aromatic carbocycles. The molecule has 0 amide bonds. The van der Waals surface area contributed by atoms with Gasteiger partial charge in [-0.15, -0.1) is 0 Å². The first-order valence-electron chi connectivity index (χ1n) is 14.4. The molecule has 1 aliphatic heterocycles. The lowest BCUT2D eigenvalue weighted by molar-refractivity contribution is -0.162. The fraction of sp³-hybridized carbons (Fsp3) is 0.333. The summed E-state index contributed by atoms with van der Waals surface area (Å²) in [5.41, 5.74) is 4.69. The van der Waals surface area contributed by atoms with Crippen LogP contribution in [0.5, 0.6) is 5.75 Å². The molecule has 1 fully saturated rings. The number of rotatable bonds is 12. The van der Waals surface area contributed by atoms with Gasteiger partial charge < -0.3 is 18.9 Å². The molecule has 1 atom stereocenters. The number of pyridine rings is 1. The Hall–Kier alpha value is -3.99. The van der Waals surface area contributed by atoms with E-state index < -0.39 is 16.0 Å². The van der Waals surface area contributed by atoms with Gasteiger partial charge in [-0.3, -0.25) is 4.72 Å². The van der Waals surface area contributed by atoms with Gasteiger partial charge in [-0.25, -0.2) is 18.2 Å². The number of carbonyl (C=O) groups excluding carboxylic acids is 1. The Morgan fingerprint density at radius 2 is 1.63 bits per heavy atom. The van der Waals surface area contributed by atoms with E-state index in [1.54, 1.807) is 24.3 Å². The molecule has 5 rings (SSSR count). The number of sulfonamides is 1. The van der Waals surface area contributed by atoms with Crippen LogP contribution in [0.4, 0.5) is 5.69 Å². The zero-order valence-electron chi connectivity index (χ0n) is 24.4. The van der Waals surface area contributed by atoms with E-state index in [4.69, 9.17) is 23.9 Å². The Morgan fingerprint density at radius 3 is 2.30 bits per heavy atom. The van der Waals surface area contributed by atoms with Gasteiger partial charge >= 0.3 is 5.97 Å². The van der Waals surface area contributed by atoms with E-state index in [2.05, 4.69) is 4.72 Å². The van der Waals surface area contributed by atoms with Crippen molar-refractivity contribution in [2.45, 2.75) is 38.4 Å². The molecular weight excluding hydrogens is 568 g/mol. The molecule has 2 heterocycles. The smallest absolute Gasteiger partial charge is 0.338 e. The summed E-state index contributed by atoms with van der Waals surface area (Å²) in [5, 5.41) is 0.491. The number of unbranched alkanes of at least 4 members (excludes halogenated alkanes) is 1. The monoisotopic (exact) mass is 604 g/mol. The minimum atomic E-state index is -3.48. The van der Waals surface area contributed by atoms with Crippen molar-refractivity contribution in [2.75, 3.05) is 37.9 Å². The van der Waals surface area contributed by atoms with Crippen molar-refractivity contribution >= 4 is 32.6 Å². The molecule has 0 bridgehead atoms. The highest BCUT2D eigenvalue weighted by molar-refractivity contribution is 7.92. The second-order valence-corrected chi connectivity index (χ2v) is 12.2. The molecule has 0 spiro atoms. The van der Waals surface area contributed by atoms with Gasteiger partial charge in [0.15, 0.2) is 6.29 Å². The lowest BCUT2D eigenvalue weighted by Gasteiger charge is -2.22. The number of methoxy groups -OCH3 is 1. The Balaban J connectivity index is 1.22. The van der Waals surface area contributed by atoms with E-state index in [-0.39, 0.29) is 6.29 Å². The van der Waals surface area contributed by atoms with Crippen LogP contribution in [0.25, 0.3) is 33.3 Å². The molecule has 4 aromatic rings. The van der Waals surface area contributed by atoms with E-state index in [0.29, 0.717) is 41.1 Å². The molecule has 1 aromatic heterocycles. The van der Waals surface area contributed by atoms with Crippen molar-refractivity contribution in [1.29, 1.82) is 0 Å². The van der Waals surface area contributed by atoms with Gasteiger partial charge in [-0.1, -0.05) is 36.4 Å². The number of benzene rings is 3. The quantitative estimate of drug-likeness (QED) is 0.145. The Labute approximate surface area is 252 Å². The fourth-order valence-corrected chi connectivity index (χ4v) is 5.51. The van der Waals surface area contributed by atoms with Crippen LogP contribution in [0.3, 0.4) is 0 Å². The van der Waals surface area contributed by atoms with Gasteiger partial charge in [0.05, 0.1) is 36.7 Å². The highest BCUT2D eigenvalue weighted by Gasteiger charge is 2.16. The number of nitrogens with one attached hydrogen (secondary N) is 1. The minimum Gasteiger partial charge on any atom is -0.494 e. The number of hydrogen-bond acceptors (Lipinski definition) is 8. The van der Waals surface area contributed by atoms with E-state index in [1.807, 2.05) is 48.5 Å². The lowest BCUT2D eigenvalue weighted by atomic mass is 10.0. The Bertz CT molecular complexity index is 1650. The molecule has 0 aliphatic carbocycles. The van der Waals surface area contributed by atoms with Crippen molar-refractivity contribution in [3.8, 4) is 28.1 Å². The van der Waals surface area contributed by atoms with E-state index in [1.165, 1.54) is 13.5 Å². The second-order valence-electron chi connectivity index (χ2n) is 10.5. The van der Waals surface area contributed by atoms with E-state index >= 15 is 0 Å². The normalized spacial score (nSPS) is 15.3. The Kier molecular flexibility index (Phi) is 9.91. The summed E-state index contributed by atoms with van der Waals surface area (Å²) in [6.45, 7) is 2.11. The van der Waals surface area contributed by atoms with E-state index in [9.17, 15) is 13.2 Å². The summed E-state index contributed by atoms with van der Waals surface area (Å²) in [5.74, 6) is 0.286. The van der Waals surface area contributed by atoms with Crippen LogP contribution >= 0.6 is 0 Å². The van der Waals surface area contributed by atoms with Crippen LogP contribution in [-0.2, 0) is 24.2 Å². The summed E-state index contributed by atoms with van der Waals surface area (Å²) >= 11 is 0. The largest absolute Gasteiger partial charge is 0.494 e. The first-order valence-corrected chi connectivity index (χ1v) is 16.3. The van der Waals surface area contributed by atoms with Crippen molar-refractivity contribution in [2.24, 2.45) is 0 Å². The Morgan fingerprint density at radius 1 is 0.930 bits per heavy atom. The molecule has 43 heavy (non-hydrogen) atoms. The van der Waals surface area contributed by atoms with Crippen molar-refractivity contribution < 1.29 is 32.2 Å². The molecule has 10 heteroatoms. The molecule has 0 radical (unpaired) electrons. The first-order chi connectivity index (χ1) is 20.8. The number of aromatic nitrogens is 1. The van der Waals surface area contributed by atoms with Gasteiger partial charge in [0.1, 0.15) is 5.75 Å². The van der Waals surface area contributed by atoms with Gasteiger partial charge in [0.2, 0.25) is 10.0 Å². The van der Waals surface area contributed by atoms with Gasteiger partial charge in [-0.05, 0) is 79.6 Å². The van der Waals surface area contributed by atoms with Crippen molar-refractivity contribution in [1.82, 2.24) is 4.98 Å².